The molecule has 2 N–H and O–H groups in total. The average Bonchev–Trinajstić information content (AvgIpc) is 2.56. The van der Waals surface area contributed by atoms with Crippen molar-refractivity contribution in [2.24, 2.45) is 0 Å². The van der Waals surface area contributed by atoms with Crippen LogP contribution in [0.2, 0.25) is 0 Å². The van der Waals surface area contributed by atoms with Crippen molar-refractivity contribution >= 4 is 22.7 Å². The van der Waals surface area contributed by atoms with Crippen LogP contribution in [0.25, 0.3) is 17.0 Å². The summed E-state index contributed by atoms with van der Waals surface area (Å²) in [6.45, 7) is 0. The number of hydrazine groups is 1. The zero-order valence-corrected chi connectivity index (χ0v) is 10.8. The summed E-state index contributed by atoms with van der Waals surface area (Å²) in [5, 5.41) is 1.09. The van der Waals surface area contributed by atoms with Crippen LogP contribution in [-0.2, 0) is 0 Å². The highest BCUT2D eigenvalue weighted by molar-refractivity contribution is 5.76. The van der Waals surface area contributed by atoms with Crippen molar-refractivity contribution in [2.45, 2.75) is 0 Å². The summed E-state index contributed by atoms with van der Waals surface area (Å²) in [6.07, 6.45) is 7.28. The summed E-state index contributed by atoms with van der Waals surface area (Å²) in [6, 6.07) is 16.0. The van der Waals surface area contributed by atoms with Crippen molar-refractivity contribution in [1.29, 1.82) is 0 Å². The Bertz CT molecular complexity index is 672. The Labute approximate surface area is 117 Å². The quantitative estimate of drug-likeness (QED) is 0.653. The number of nitrogens with one attached hydrogen (secondary N) is 2. The van der Waals surface area contributed by atoms with E-state index in [0.717, 1.165) is 16.6 Å². The predicted molar refractivity (Wildman–Crippen MR) is 81.8 cm³/mol. The molecule has 0 saturated carbocycles. The van der Waals surface area contributed by atoms with Gasteiger partial charge < -0.3 is 10.9 Å². The van der Waals surface area contributed by atoms with Crippen LogP contribution in [0.4, 0.5) is 5.69 Å². The van der Waals surface area contributed by atoms with Crippen molar-refractivity contribution in [2.75, 3.05) is 5.43 Å². The molecule has 0 spiro atoms. The fourth-order valence-corrected chi connectivity index (χ4v) is 1.93. The van der Waals surface area contributed by atoms with Crippen LogP contribution in [0.1, 0.15) is 5.56 Å². The molecule has 0 fully saturated rings. The largest absolute Gasteiger partial charge is 0.308 e. The fourth-order valence-electron chi connectivity index (χ4n) is 1.93. The molecule has 3 aromatic rings. The highest BCUT2D eigenvalue weighted by Crippen LogP contribution is 2.17. The Balaban J connectivity index is 0.000000121. The molecule has 4 rings (SSSR count). The predicted octanol–water partition coefficient (Wildman–Crippen LogP) is 3.22. The molecule has 0 atom stereocenters. The van der Waals surface area contributed by atoms with Gasteiger partial charge in [-0.05, 0) is 18.2 Å². The van der Waals surface area contributed by atoms with Crippen LogP contribution < -0.4 is 10.9 Å². The maximum absolute atomic E-state index is 4.07. The summed E-state index contributed by atoms with van der Waals surface area (Å²) in [7, 11) is 0. The van der Waals surface area contributed by atoms with Crippen LogP contribution >= 0.6 is 0 Å². The highest BCUT2D eigenvalue weighted by atomic mass is 15.3. The fraction of sp³-hybridized carbons (Fsp3) is 0. The second-order valence-corrected chi connectivity index (χ2v) is 4.27. The van der Waals surface area contributed by atoms with E-state index in [4.69, 9.17) is 0 Å². The highest BCUT2D eigenvalue weighted by Gasteiger charge is 1.98. The molecule has 4 nitrogen and oxygen atoms in total. The van der Waals surface area contributed by atoms with Gasteiger partial charge in [-0.1, -0.05) is 36.4 Å². The molecule has 1 aromatic heterocycles. The molecule has 2 heterocycles. The van der Waals surface area contributed by atoms with Gasteiger partial charge in [-0.3, -0.25) is 0 Å². The molecule has 1 aliphatic heterocycles. The number of nitrogens with zero attached hydrogens (tertiary/aromatic N) is 2. The maximum Gasteiger partial charge on any atom is 0.116 e. The van der Waals surface area contributed by atoms with E-state index in [1.807, 2.05) is 60.9 Å². The molecular weight excluding hydrogens is 248 g/mol. The molecule has 0 radical (unpaired) electrons. The van der Waals surface area contributed by atoms with Gasteiger partial charge in [0.2, 0.25) is 0 Å². The van der Waals surface area contributed by atoms with Gasteiger partial charge in [-0.15, -0.1) is 0 Å². The average molecular weight is 262 g/mol. The minimum absolute atomic E-state index is 0.998. The Morgan fingerprint density at radius 2 is 1.75 bits per heavy atom. The number of anilines is 1. The minimum atomic E-state index is 0.998. The molecule has 98 valence electrons. The Hall–Kier alpha value is -2.88. The Kier molecular flexibility index (Phi) is 3.55. The Morgan fingerprint density at radius 1 is 0.900 bits per heavy atom. The van der Waals surface area contributed by atoms with Crippen molar-refractivity contribution in [3.05, 3.63) is 72.8 Å². The molecule has 0 saturated heterocycles. The molecule has 20 heavy (non-hydrogen) atoms. The second kappa shape index (κ2) is 5.84. The topological polar surface area (TPSA) is 49.8 Å². The molecule has 0 unspecified atom stereocenters. The number of fused-ring (bicyclic) bond motifs is 2. The van der Waals surface area contributed by atoms with E-state index in [1.165, 1.54) is 5.56 Å². The van der Waals surface area contributed by atoms with Crippen molar-refractivity contribution < 1.29 is 0 Å². The number of hydrogen-bond acceptors (Lipinski definition) is 4. The van der Waals surface area contributed by atoms with Gasteiger partial charge in [-0.2, -0.15) is 0 Å². The van der Waals surface area contributed by atoms with E-state index < -0.39 is 0 Å². The van der Waals surface area contributed by atoms with Crippen LogP contribution in [0.5, 0.6) is 0 Å². The first-order chi connectivity index (χ1) is 9.93. The summed E-state index contributed by atoms with van der Waals surface area (Å²) >= 11 is 0. The van der Waals surface area contributed by atoms with Crippen LogP contribution in [-0.4, -0.2) is 9.97 Å². The molecular formula is C16H14N4. The number of aromatic nitrogens is 2. The molecule has 2 aromatic carbocycles. The first kappa shape index (κ1) is 12.2. The summed E-state index contributed by atoms with van der Waals surface area (Å²) < 4.78 is 0. The van der Waals surface area contributed by atoms with E-state index in [9.17, 15) is 0 Å². The number of hydrogen-bond donors (Lipinski definition) is 2. The number of rotatable bonds is 0. The molecule has 0 bridgehead atoms. The maximum atomic E-state index is 4.07. The third kappa shape index (κ3) is 2.75. The number of benzene rings is 2. The summed E-state index contributed by atoms with van der Waals surface area (Å²) in [5.41, 5.74) is 9.29. The number of para-hydroxylation sites is 2. The monoisotopic (exact) mass is 262 g/mol. The van der Waals surface area contributed by atoms with Gasteiger partial charge in [-0.25, -0.2) is 9.97 Å². The van der Waals surface area contributed by atoms with Gasteiger partial charge in [0.05, 0.1) is 11.2 Å². The first-order valence-electron chi connectivity index (χ1n) is 6.35. The molecule has 4 heteroatoms. The summed E-state index contributed by atoms with van der Waals surface area (Å²) in [4.78, 5) is 7.97. The van der Waals surface area contributed by atoms with E-state index in [2.05, 4.69) is 26.9 Å². The lowest BCUT2D eigenvalue weighted by atomic mass is 10.1. The Morgan fingerprint density at radius 3 is 2.65 bits per heavy atom. The van der Waals surface area contributed by atoms with Crippen LogP contribution in [0, 0.1) is 0 Å². The van der Waals surface area contributed by atoms with Crippen molar-refractivity contribution in [3.8, 4) is 0 Å². The zero-order valence-electron chi connectivity index (χ0n) is 10.8. The van der Waals surface area contributed by atoms with Crippen LogP contribution in [0.3, 0.4) is 0 Å². The summed E-state index contributed by atoms with van der Waals surface area (Å²) in [5.74, 6) is 0. The van der Waals surface area contributed by atoms with Crippen molar-refractivity contribution in [3.63, 3.8) is 0 Å². The molecule has 0 aliphatic carbocycles. The lowest BCUT2D eigenvalue weighted by molar-refractivity contribution is 1.05. The third-order valence-corrected chi connectivity index (χ3v) is 2.93. The first-order valence-corrected chi connectivity index (χ1v) is 6.35. The van der Waals surface area contributed by atoms with Crippen LogP contribution in [0.15, 0.2) is 67.3 Å². The standard InChI is InChI=1S/C8H6N2.C8H8N2/c1-2-4-8-7(3-1)5-9-6-10-8;1-2-4-8-7(3-1)5-6-9-10-8/h1-6H;1-6,9-10H. The third-order valence-electron chi connectivity index (χ3n) is 2.93. The van der Waals surface area contributed by atoms with Gasteiger partial charge in [0.15, 0.2) is 0 Å². The van der Waals surface area contributed by atoms with Gasteiger partial charge in [0.25, 0.3) is 0 Å². The lowest BCUT2D eigenvalue weighted by Crippen LogP contribution is -2.17. The van der Waals surface area contributed by atoms with E-state index >= 15 is 0 Å². The smallest absolute Gasteiger partial charge is 0.116 e. The molecule has 1 aliphatic rings. The van der Waals surface area contributed by atoms with Gasteiger partial charge >= 0.3 is 0 Å². The molecule has 0 amide bonds. The SMILES string of the molecule is C1=Cc2ccccc2NN1.c1ccc2ncncc2c1. The minimum Gasteiger partial charge on any atom is -0.308 e. The normalized spacial score (nSPS) is 11.6. The van der Waals surface area contributed by atoms with Gasteiger partial charge in [0.1, 0.15) is 6.33 Å². The van der Waals surface area contributed by atoms with E-state index in [-0.39, 0.29) is 0 Å². The zero-order chi connectivity index (χ0) is 13.6. The van der Waals surface area contributed by atoms with E-state index in [1.54, 1.807) is 6.33 Å². The van der Waals surface area contributed by atoms with Crippen molar-refractivity contribution in [1.82, 2.24) is 15.4 Å². The van der Waals surface area contributed by atoms with Gasteiger partial charge in [0, 0.05) is 23.3 Å². The van der Waals surface area contributed by atoms with E-state index in [0.29, 0.717) is 0 Å². The lowest BCUT2D eigenvalue weighted by Gasteiger charge is -2.12. The second-order valence-electron chi connectivity index (χ2n) is 4.27.